The summed E-state index contributed by atoms with van der Waals surface area (Å²) in [6, 6.07) is 9.89. The number of aromatic nitrogens is 5. The first-order valence-electron chi connectivity index (χ1n) is 8.97. The Morgan fingerprint density at radius 3 is 2.70 bits per heavy atom. The molecule has 0 saturated heterocycles. The molecule has 0 aliphatic heterocycles. The molecule has 1 fully saturated rings. The molecule has 0 bridgehead atoms. The van der Waals surface area contributed by atoms with Crippen molar-refractivity contribution >= 4 is 5.91 Å². The van der Waals surface area contributed by atoms with E-state index in [2.05, 4.69) is 25.7 Å². The first kappa shape index (κ1) is 17.4. The van der Waals surface area contributed by atoms with Crippen LogP contribution in [0.15, 0.2) is 30.3 Å². The van der Waals surface area contributed by atoms with Crippen LogP contribution < -0.4 is 5.32 Å². The monoisotopic (exact) mass is 366 g/mol. The molecule has 1 saturated carbocycles. The molecule has 27 heavy (non-hydrogen) atoms. The maximum atomic E-state index is 12.5. The molecule has 0 unspecified atom stereocenters. The van der Waals surface area contributed by atoms with E-state index in [-0.39, 0.29) is 24.5 Å². The molecular formula is C19H22N6O2. The van der Waals surface area contributed by atoms with Gasteiger partial charge in [-0.15, -0.1) is 10.2 Å². The maximum absolute atomic E-state index is 12.5. The molecule has 2 aromatic heterocycles. The minimum absolute atomic E-state index is 0.0999. The number of carbonyl (C=O) groups is 1. The van der Waals surface area contributed by atoms with Crippen LogP contribution in [-0.4, -0.2) is 42.0 Å². The third kappa shape index (κ3) is 3.35. The van der Waals surface area contributed by atoms with E-state index in [1.807, 2.05) is 42.8 Å². The molecule has 140 valence electrons. The number of aromatic amines is 1. The second-order valence-electron chi connectivity index (χ2n) is 7.06. The molecule has 0 atom stereocenters. The largest absolute Gasteiger partial charge is 0.388 e. The van der Waals surface area contributed by atoms with Gasteiger partial charge in [-0.2, -0.15) is 5.10 Å². The van der Waals surface area contributed by atoms with Crippen molar-refractivity contribution in [2.45, 2.75) is 38.3 Å². The lowest BCUT2D eigenvalue weighted by atomic mass is 9.79. The predicted molar refractivity (Wildman–Crippen MR) is 98.9 cm³/mol. The van der Waals surface area contributed by atoms with Crippen LogP contribution in [0.2, 0.25) is 0 Å². The number of hydrogen-bond donors (Lipinski definition) is 3. The normalized spacial score (nSPS) is 18.9. The van der Waals surface area contributed by atoms with Crippen molar-refractivity contribution in [2.75, 3.05) is 0 Å². The Hall–Kier alpha value is -3.00. The molecule has 1 aliphatic carbocycles. The molecule has 2 heterocycles. The highest BCUT2D eigenvalue weighted by Crippen LogP contribution is 2.36. The zero-order chi connectivity index (χ0) is 19.0. The SMILES string of the molecule is Cc1ccc(-c2cc(C(=O)NC3CC(c4nnc(CO)n4C)C3)[nH]n2)cc1. The van der Waals surface area contributed by atoms with Crippen LogP contribution in [0.4, 0.5) is 0 Å². The molecule has 1 amide bonds. The first-order valence-corrected chi connectivity index (χ1v) is 8.97. The first-order chi connectivity index (χ1) is 13.0. The summed E-state index contributed by atoms with van der Waals surface area (Å²) in [5.74, 6) is 1.50. The smallest absolute Gasteiger partial charge is 0.269 e. The van der Waals surface area contributed by atoms with Gasteiger partial charge in [0, 0.05) is 24.6 Å². The maximum Gasteiger partial charge on any atom is 0.269 e. The van der Waals surface area contributed by atoms with Gasteiger partial charge in [0.1, 0.15) is 18.1 Å². The molecule has 1 aromatic carbocycles. The third-order valence-electron chi connectivity index (χ3n) is 5.15. The number of rotatable bonds is 5. The van der Waals surface area contributed by atoms with Crippen molar-refractivity contribution in [3.8, 4) is 11.3 Å². The highest BCUT2D eigenvalue weighted by molar-refractivity contribution is 5.93. The predicted octanol–water partition coefficient (Wildman–Crippen LogP) is 1.68. The molecule has 1 aliphatic rings. The third-order valence-corrected chi connectivity index (χ3v) is 5.15. The molecular weight excluding hydrogens is 344 g/mol. The Balaban J connectivity index is 1.35. The van der Waals surface area contributed by atoms with E-state index in [0.717, 1.165) is 29.9 Å². The van der Waals surface area contributed by atoms with E-state index in [0.29, 0.717) is 11.5 Å². The summed E-state index contributed by atoms with van der Waals surface area (Å²) in [4.78, 5) is 12.5. The fourth-order valence-corrected chi connectivity index (χ4v) is 3.39. The second-order valence-corrected chi connectivity index (χ2v) is 7.06. The van der Waals surface area contributed by atoms with E-state index in [4.69, 9.17) is 0 Å². The van der Waals surface area contributed by atoms with Crippen LogP contribution in [0.3, 0.4) is 0 Å². The van der Waals surface area contributed by atoms with E-state index in [1.165, 1.54) is 5.56 Å². The number of nitrogens with one attached hydrogen (secondary N) is 2. The lowest BCUT2D eigenvalue weighted by molar-refractivity contribution is 0.0901. The standard InChI is InChI=1S/C19H22N6O2/c1-11-3-5-12(6-4-11)15-9-16(22-21-15)19(27)20-14-7-13(8-14)18-24-23-17(10-26)25(18)2/h3-6,9,13-14,26H,7-8,10H2,1-2H3,(H,20,27)(H,21,22). The van der Waals surface area contributed by atoms with Gasteiger partial charge in [0.25, 0.3) is 5.91 Å². The quantitative estimate of drug-likeness (QED) is 0.637. The van der Waals surface area contributed by atoms with Crippen molar-refractivity contribution in [3.63, 3.8) is 0 Å². The fourth-order valence-electron chi connectivity index (χ4n) is 3.39. The van der Waals surface area contributed by atoms with Gasteiger partial charge < -0.3 is 15.0 Å². The Bertz CT molecular complexity index is 953. The molecule has 8 heteroatoms. The highest BCUT2D eigenvalue weighted by Gasteiger charge is 2.35. The van der Waals surface area contributed by atoms with Crippen molar-refractivity contribution in [2.24, 2.45) is 7.05 Å². The summed E-state index contributed by atoms with van der Waals surface area (Å²) < 4.78 is 1.82. The number of H-pyrrole nitrogens is 1. The Morgan fingerprint density at radius 2 is 2.04 bits per heavy atom. The second kappa shape index (κ2) is 6.96. The van der Waals surface area contributed by atoms with Crippen molar-refractivity contribution in [1.29, 1.82) is 0 Å². The Kier molecular flexibility index (Phi) is 4.49. The van der Waals surface area contributed by atoms with E-state index in [1.54, 1.807) is 6.07 Å². The molecule has 0 spiro atoms. The number of benzene rings is 1. The molecule has 4 rings (SSSR count). The van der Waals surface area contributed by atoms with Gasteiger partial charge in [0.15, 0.2) is 5.82 Å². The molecule has 3 N–H and O–H groups in total. The van der Waals surface area contributed by atoms with Crippen LogP contribution in [0.1, 0.15) is 46.5 Å². The minimum Gasteiger partial charge on any atom is -0.388 e. The number of hydrogen-bond acceptors (Lipinski definition) is 5. The summed E-state index contributed by atoms with van der Waals surface area (Å²) in [7, 11) is 1.85. The molecule has 0 radical (unpaired) electrons. The van der Waals surface area contributed by atoms with Crippen LogP contribution in [0.25, 0.3) is 11.3 Å². The number of aryl methyl sites for hydroxylation is 1. The summed E-state index contributed by atoms with van der Waals surface area (Å²) in [6.07, 6.45) is 1.62. The summed E-state index contributed by atoms with van der Waals surface area (Å²) in [5, 5.41) is 27.4. The summed E-state index contributed by atoms with van der Waals surface area (Å²) in [6.45, 7) is 1.91. The average molecular weight is 366 g/mol. The Labute approximate surface area is 156 Å². The number of amides is 1. The lowest BCUT2D eigenvalue weighted by Crippen LogP contribution is -2.44. The summed E-state index contributed by atoms with van der Waals surface area (Å²) in [5.41, 5.74) is 3.36. The Morgan fingerprint density at radius 1 is 1.30 bits per heavy atom. The fraction of sp³-hybridized carbons (Fsp3) is 0.368. The van der Waals surface area contributed by atoms with Gasteiger partial charge in [-0.3, -0.25) is 9.89 Å². The van der Waals surface area contributed by atoms with Gasteiger partial charge >= 0.3 is 0 Å². The zero-order valence-electron chi connectivity index (χ0n) is 15.3. The number of aliphatic hydroxyl groups excluding tert-OH is 1. The van der Waals surface area contributed by atoms with Crippen LogP contribution >= 0.6 is 0 Å². The van der Waals surface area contributed by atoms with Crippen molar-refractivity contribution < 1.29 is 9.90 Å². The average Bonchev–Trinajstić information content (AvgIpc) is 3.25. The van der Waals surface area contributed by atoms with Gasteiger partial charge in [-0.1, -0.05) is 29.8 Å². The van der Waals surface area contributed by atoms with E-state index < -0.39 is 0 Å². The zero-order valence-corrected chi connectivity index (χ0v) is 15.3. The van der Waals surface area contributed by atoms with Crippen molar-refractivity contribution in [1.82, 2.24) is 30.3 Å². The van der Waals surface area contributed by atoms with Gasteiger partial charge in [0.2, 0.25) is 0 Å². The number of carbonyl (C=O) groups excluding carboxylic acids is 1. The van der Waals surface area contributed by atoms with Crippen molar-refractivity contribution in [3.05, 3.63) is 53.2 Å². The number of nitrogens with zero attached hydrogens (tertiary/aromatic N) is 4. The minimum atomic E-state index is -0.154. The molecule has 8 nitrogen and oxygen atoms in total. The topological polar surface area (TPSA) is 109 Å². The van der Waals surface area contributed by atoms with E-state index in [9.17, 15) is 9.90 Å². The van der Waals surface area contributed by atoms with Gasteiger partial charge in [-0.25, -0.2) is 0 Å². The summed E-state index contributed by atoms with van der Waals surface area (Å²) >= 11 is 0. The highest BCUT2D eigenvalue weighted by atomic mass is 16.3. The van der Waals surface area contributed by atoms with Gasteiger partial charge in [0.05, 0.1) is 5.69 Å². The lowest BCUT2D eigenvalue weighted by Gasteiger charge is -2.34. The van der Waals surface area contributed by atoms with Crippen LogP contribution in [-0.2, 0) is 13.7 Å². The van der Waals surface area contributed by atoms with Gasteiger partial charge in [-0.05, 0) is 25.8 Å². The van der Waals surface area contributed by atoms with Crippen LogP contribution in [0, 0.1) is 6.92 Å². The number of aliphatic hydroxyl groups is 1. The van der Waals surface area contributed by atoms with Crippen LogP contribution in [0.5, 0.6) is 0 Å². The molecule has 3 aromatic rings. The van der Waals surface area contributed by atoms with E-state index >= 15 is 0 Å².